The molecular weight excluding hydrogens is 322 g/mol. The van der Waals surface area contributed by atoms with Crippen molar-refractivity contribution in [1.29, 1.82) is 0 Å². The van der Waals surface area contributed by atoms with Crippen molar-refractivity contribution in [2.45, 2.75) is 32.4 Å². The van der Waals surface area contributed by atoms with Crippen LogP contribution in [0, 0.1) is 11.8 Å². The maximum Gasteiger partial charge on any atom is 0.233 e. The van der Waals surface area contributed by atoms with Gasteiger partial charge in [0.2, 0.25) is 5.78 Å². The number of nitrogens with zero attached hydrogens (tertiary/aromatic N) is 2. The minimum Gasteiger partial charge on any atom is -0.460 e. The molecule has 2 aromatic heterocycles. The lowest BCUT2D eigenvalue weighted by Gasteiger charge is -2.15. The Morgan fingerprint density at radius 1 is 1.48 bits per heavy atom. The van der Waals surface area contributed by atoms with Crippen LogP contribution in [0.2, 0.25) is 0 Å². The Hall–Kier alpha value is -2.25. The highest BCUT2D eigenvalue weighted by Gasteiger charge is 2.31. The van der Waals surface area contributed by atoms with Crippen molar-refractivity contribution in [3.8, 4) is 0 Å². The number of hydrogen-bond donors (Lipinski definition) is 2. The number of nitrogens with one attached hydrogen (secondary N) is 1. The molecule has 0 bridgehead atoms. The summed E-state index contributed by atoms with van der Waals surface area (Å²) in [6, 6.07) is 1.84. The molecule has 2 N–H and O–H groups in total. The highest BCUT2D eigenvalue weighted by atomic mass is 16.5. The number of carbonyl (C=O) groups is 1. The maximum absolute atomic E-state index is 12.7. The molecule has 2 heterocycles. The topological polar surface area (TPSA) is 97.5 Å². The van der Waals surface area contributed by atoms with Crippen molar-refractivity contribution in [2.75, 3.05) is 19.0 Å². The molecule has 0 aliphatic heterocycles. The SMILES string of the molecule is COCc1coc(C(=O)c2cncnc2N[C@@H]2C[C@H](CO)[C@@H](C)C2)c1. The van der Waals surface area contributed by atoms with Crippen LogP contribution in [-0.2, 0) is 11.3 Å². The number of aromatic nitrogens is 2. The van der Waals surface area contributed by atoms with E-state index in [9.17, 15) is 9.90 Å². The number of furan rings is 1. The van der Waals surface area contributed by atoms with E-state index in [-0.39, 0.29) is 30.1 Å². The van der Waals surface area contributed by atoms with Gasteiger partial charge in [-0.15, -0.1) is 0 Å². The molecule has 1 aliphatic rings. The van der Waals surface area contributed by atoms with Crippen molar-refractivity contribution in [3.05, 3.63) is 41.7 Å². The fraction of sp³-hybridized carbons (Fsp3) is 0.500. The number of carbonyl (C=O) groups excluding carboxylic acids is 1. The summed E-state index contributed by atoms with van der Waals surface area (Å²) in [6.45, 7) is 2.70. The highest BCUT2D eigenvalue weighted by molar-refractivity contribution is 6.10. The largest absolute Gasteiger partial charge is 0.460 e. The van der Waals surface area contributed by atoms with E-state index in [2.05, 4.69) is 22.2 Å². The van der Waals surface area contributed by atoms with E-state index in [1.807, 2.05) is 0 Å². The molecule has 0 spiro atoms. The van der Waals surface area contributed by atoms with Gasteiger partial charge in [-0.25, -0.2) is 9.97 Å². The standard InChI is InChI=1S/C18H23N3O4/c1-11-3-14(5-13(11)7-22)21-18-15(6-19-10-20-18)17(23)16-4-12(8-24-2)9-25-16/h4,6,9-11,13-14,22H,3,5,7-8H2,1-2H3,(H,19,20,21)/t11-,13+,14-/m0/s1. The maximum atomic E-state index is 12.7. The lowest BCUT2D eigenvalue weighted by Crippen LogP contribution is -2.19. The number of rotatable bonds is 7. The molecule has 0 aromatic carbocycles. The summed E-state index contributed by atoms with van der Waals surface area (Å²) in [7, 11) is 1.59. The molecule has 2 aromatic rings. The number of ether oxygens (including phenoxy) is 1. The Labute approximate surface area is 146 Å². The third-order valence-electron chi connectivity index (χ3n) is 4.77. The second-order valence-electron chi connectivity index (χ2n) is 6.60. The molecule has 134 valence electrons. The van der Waals surface area contributed by atoms with E-state index in [1.165, 1.54) is 18.8 Å². The predicted molar refractivity (Wildman–Crippen MR) is 91.3 cm³/mol. The zero-order valence-corrected chi connectivity index (χ0v) is 14.4. The van der Waals surface area contributed by atoms with E-state index < -0.39 is 0 Å². The summed E-state index contributed by atoms with van der Waals surface area (Å²) < 4.78 is 10.4. The molecule has 7 nitrogen and oxygen atoms in total. The quantitative estimate of drug-likeness (QED) is 0.743. The highest BCUT2D eigenvalue weighted by Crippen LogP contribution is 2.33. The van der Waals surface area contributed by atoms with Gasteiger partial charge in [-0.05, 0) is 30.7 Å². The zero-order valence-electron chi connectivity index (χ0n) is 14.4. The summed E-state index contributed by atoms with van der Waals surface area (Å²) in [4.78, 5) is 21.0. The normalized spacial score (nSPS) is 22.9. The molecule has 0 unspecified atom stereocenters. The Balaban J connectivity index is 1.77. The van der Waals surface area contributed by atoms with Crippen molar-refractivity contribution in [1.82, 2.24) is 9.97 Å². The number of aliphatic hydroxyl groups excluding tert-OH is 1. The van der Waals surface area contributed by atoms with E-state index in [1.54, 1.807) is 13.2 Å². The predicted octanol–water partition coefficient (Wildman–Crippen LogP) is 2.27. The van der Waals surface area contributed by atoms with Gasteiger partial charge in [-0.1, -0.05) is 6.92 Å². The van der Waals surface area contributed by atoms with Crippen LogP contribution in [-0.4, -0.2) is 40.6 Å². The van der Waals surface area contributed by atoms with Crippen LogP contribution in [0.5, 0.6) is 0 Å². The fourth-order valence-corrected chi connectivity index (χ4v) is 3.38. The van der Waals surface area contributed by atoms with Gasteiger partial charge in [0.05, 0.1) is 18.4 Å². The van der Waals surface area contributed by atoms with Crippen LogP contribution in [0.15, 0.2) is 29.3 Å². The molecular formula is C18H23N3O4. The zero-order chi connectivity index (χ0) is 17.8. The third-order valence-corrected chi connectivity index (χ3v) is 4.77. The first-order chi connectivity index (χ1) is 12.1. The lowest BCUT2D eigenvalue weighted by atomic mass is 10.00. The Morgan fingerprint density at radius 2 is 2.32 bits per heavy atom. The van der Waals surface area contributed by atoms with Gasteiger partial charge in [0.15, 0.2) is 5.76 Å². The van der Waals surface area contributed by atoms with Crippen LogP contribution in [0.3, 0.4) is 0 Å². The summed E-state index contributed by atoms with van der Waals surface area (Å²) >= 11 is 0. The Kier molecular flexibility index (Phi) is 5.45. The van der Waals surface area contributed by atoms with E-state index in [0.29, 0.717) is 23.9 Å². The van der Waals surface area contributed by atoms with Crippen LogP contribution in [0.25, 0.3) is 0 Å². The van der Waals surface area contributed by atoms with Crippen molar-refractivity contribution in [2.24, 2.45) is 11.8 Å². The molecule has 1 fully saturated rings. The van der Waals surface area contributed by atoms with Gasteiger partial charge >= 0.3 is 0 Å². The molecule has 0 radical (unpaired) electrons. The number of ketones is 1. The molecule has 1 saturated carbocycles. The van der Waals surface area contributed by atoms with Crippen LogP contribution in [0.1, 0.15) is 41.4 Å². The second kappa shape index (κ2) is 7.76. The van der Waals surface area contributed by atoms with Gasteiger partial charge in [-0.2, -0.15) is 0 Å². The monoisotopic (exact) mass is 345 g/mol. The molecule has 25 heavy (non-hydrogen) atoms. The molecule has 3 rings (SSSR count). The van der Waals surface area contributed by atoms with Gasteiger partial charge in [0, 0.05) is 31.5 Å². The number of anilines is 1. The molecule has 7 heteroatoms. The van der Waals surface area contributed by atoms with Gasteiger partial charge in [-0.3, -0.25) is 4.79 Å². The van der Waals surface area contributed by atoms with Crippen molar-refractivity contribution >= 4 is 11.6 Å². The van der Waals surface area contributed by atoms with Crippen molar-refractivity contribution < 1.29 is 19.1 Å². The summed E-state index contributed by atoms with van der Waals surface area (Å²) in [6.07, 6.45) is 6.21. The number of hydrogen-bond acceptors (Lipinski definition) is 7. The average molecular weight is 345 g/mol. The number of aliphatic hydroxyl groups is 1. The summed E-state index contributed by atoms with van der Waals surface area (Å²) in [5, 5.41) is 12.8. The summed E-state index contributed by atoms with van der Waals surface area (Å²) in [5.41, 5.74) is 1.17. The Bertz CT molecular complexity index is 731. The molecule has 1 aliphatic carbocycles. The minimum atomic E-state index is -0.268. The molecule has 0 amide bonds. The number of methoxy groups -OCH3 is 1. The van der Waals surface area contributed by atoms with Gasteiger partial charge < -0.3 is 19.6 Å². The summed E-state index contributed by atoms with van der Waals surface area (Å²) in [5.74, 6) is 1.18. The first-order valence-corrected chi connectivity index (χ1v) is 8.40. The van der Waals surface area contributed by atoms with E-state index >= 15 is 0 Å². The Morgan fingerprint density at radius 3 is 3.04 bits per heavy atom. The van der Waals surface area contributed by atoms with Gasteiger partial charge in [0.25, 0.3) is 0 Å². The lowest BCUT2D eigenvalue weighted by molar-refractivity contribution is 0.101. The van der Waals surface area contributed by atoms with Crippen LogP contribution >= 0.6 is 0 Å². The molecule has 3 atom stereocenters. The first kappa shape index (κ1) is 17.6. The van der Waals surface area contributed by atoms with Crippen molar-refractivity contribution in [3.63, 3.8) is 0 Å². The smallest absolute Gasteiger partial charge is 0.233 e. The second-order valence-corrected chi connectivity index (χ2v) is 6.60. The third kappa shape index (κ3) is 3.88. The first-order valence-electron chi connectivity index (χ1n) is 8.40. The van der Waals surface area contributed by atoms with E-state index in [0.717, 1.165) is 18.4 Å². The van der Waals surface area contributed by atoms with Crippen LogP contribution < -0.4 is 5.32 Å². The van der Waals surface area contributed by atoms with E-state index in [4.69, 9.17) is 9.15 Å². The fourth-order valence-electron chi connectivity index (χ4n) is 3.38. The molecule has 0 saturated heterocycles. The minimum absolute atomic E-state index is 0.175. The van der Waals surface area contributed by atoms with Crippen LogP contribution in [0.4, 0.5) is 5.82 Å². The average Bonchev–Trinajstić information content (AvgIpc) is 3.21. The van der Waals surface area contributed by atoms with Gasteiger partial charge in [0.1, 0.15) is 12.1 Å².